The molecule has 1 fully saturated rings. The van der Waals surface area contributed by atoms with Crippen LogP contribution in [0.4, 0.5) is 24.9 Å². The molecule has 7 nitrogen and oxygen atoms in total. The van der Waals surface area contributed by atoms with Gasteiger partial charge >= 0.3 is 6.18 Å². The molecule has 0 aliphatic heterocycles. The minimum atomic E-state index is -4.38. The monoisotopic (exact) mass is 467 g/mol. The van der Waals surface area contributed by atoms with E-state index in [0.717, 1.165) is 29.5 Å². The summed E-state index contributed by atoms with van der Waals surface area (Å²) in [4.78, 5) is 13.4. The van der Waals surface area contributed by atoms with Crippen molar-refractivity contribution in [3.05, 3.63) is 23.9 Å². The standard InChI is InChI=1S/C21H24F3N5O2S/c1-11-17(19-28-15-8-14(31-2)5-6-16(15)32-19)18(27-13-4-3-12(7-13)9-30)29-20(26-11)25-10-21(22,23)24/h5-6,8,12-13,30H,3-4,7,9-10H2,1-2H3,(H2,25,26,27,29). The van der Waals surface area contributed by atoms with Crippen molar-refractivity contribution in [3.8, 4) is 16.3 Å². The van der Waals surface area contributed by atoms with Crippen molar-refractivity contribution in [2.45, 2.75) is 38.4 Å². The van der Waals surface area contributed by atoms with Gasteiger partial charge in [-0.2, -0.15) is 18.2 Å². The van der Waals surface area contributed by atoms with Gasteiger partial charge in [0, 0.05) is 18.7 Å². The number of benzene rings is 1. The Morgan fingerprint density at radius 2 is 2.03 bits per heavy atom. The number of methoxy groups -OCH3 is 1. The summed E-state index contributed by atoms with van der Waals surface area (Å²) < 4.78 is 44.3. The van der Waals surface area contributed by atoms with E-state index in [1.165, 1.54) is 11.3 Å². The molecule has 11 heteroatoms. The minimum Gasteiger partial charge on any atom is -0.497 e. The quantitative estimate of drug-likeness (QED) is 0.467. The molecule has 0 saturated heterocycles. The minimum absolute atomic E-state index is 0.0603. The lowest BCUT2D eigenvalue weighted by molar-refractivity contribution is -0.115. The number of alkyl halides is 3. The molecule has 2 unspecified atom stereocenters. The number of nitrogens with one attached hydrogen (secondary N) is 2. The molecule has 1 aliphatic carbocycles. The number of aliphatic hydroxyl groups is 1. The largest absolute Gasteiger partial charge is 0.497 e. The van der Waals surface area contributed by atoms with Gasteiger partial charge in [-0.15, -0.1) is 11.3 Å². The highest BCUT2D eigenvalue weighted by Gasteiger charge is 2.29. The highest BCUT2D eigenvalue weighted by Crippen LogP contribution is 2.38. The van der Waals surface area contributed by atoms with Crippen molar-refractivity contribution in [2.24, 2.45) is 5.92 Å². The molecule has 172 valence electrons. The Bertz CT molecular complexity index is 1100. The normalized spacial score (nSPS) is 18.8. The van der Waals surface area contributed by atoms with Gasteiger partial charge in [0.05, 0.1) is 28.6 Å². The van der Waals surface area contributed by atoms with Crippen LogP contribution in [-0.2, 0) is 0 Å². The molecule has 0 bridgehead atoms. The molecule has 2 heterocycles. The molecule has 1 aromatic carbocycles. The first-order valence-electron chi connectivity index (χ1n) is 10.3. The van der Waals surface area contributed by atoms with Gasteiger partial charge in [-0.05, 0) is 44.2 Å². The molecular weight excluding hydrogens is 443 g/mol. The van der Waals surface area contributed by atoms with Crippen molar-refractivity contribution in [1.82, 2.24) is 15.0 Å². The van der Waals surface area contributed by atoms with E-state index >= 15 is 0 Å². The van der Waals surface area contributed by atoms with Crippen LogP contribution in [0.2, 0.25) is 0 Å². The zero-order valence-corrected chi connectivity index (χ0v) is 18.5. The van der Waals surface area contributed by atoms with Crippen LogP contribution < -0.4 is 15.4 Å². The summed E-state index contributed by atoms with van der Waals surface area (Å²) >= 11 is 1.46. The van der Waals surface area contributed by atoms with Crippen LogP contribution in [0.1, 0.15) is 25.0 Å². The number of anilines is 2. The van der Waals surface area contributed by atoms with E-state index in [-0.39, 0.29) is 24.5 Å². The van der Waals surface area contributed by atoms with Gasteiger partial charge in [-0.1, -0.05) is 0 Å². The summed E-state index contributed by atoms with van der Waals surface area (Å²) in [6, 6.07) is 5.66. The maximum Gasteiger partial charge on any atom is 0.405 e. The fourth-order valence-corrected chi connectivity index (χ4v) is 4.94. The Kier molecular flexibility index (Phi) is 6.38. The van der Waals surface area contributed by atoms with Gasteiger partial charge in [-0.25, -0.2) is 9.97 Å². The summed E-state index contributed by atoms with van der Waals surface area (Å²) in [7, 11) is 1.59. The molecule has 0 radical (unpaired) electrons. The Balaban J connectivity index is 1.72. The van der Waals surface area contributed by atoms with Crippen LogP contribution in [-0.4, -0.2) is 52.5 Å². The van der Waals surface area contributed by atoms with Gasteiger partial charge in [0.15, 0.2) is 0 Å². The fraction of sp³-hybridized carbons (Fsp3) is 0.476. The lowest BCUT2D eigenvalue weighted by Crippen LogP contribution is -2.24. The molecule has 0 spiro atoms. The Hall–Kier alpha value is -2.66. The second-order valence-corrected chi connectivity index (χ2v) is 8.91. The van der Waals surface area contributed by atoms with E-state index in [9.17, 15) is 18.3 Å². The number of aliphatic hydroxyl groups excluding tert-OH is 1. The molecule has 1 aliphatic rings. The number of rotatable bonds is 7. The third-order valence-electron chi connectivity index (χ3n) is 5.49. The lowest BCUT2D eigenvalue weighted by Gasteiger charge is -2.18. The number of nitrogens with zero attached hydrogens (tertiary/aromatic N) is 3. The number of hydrogen-bond donors (Lipinski definition) is 3. The van der Waals surface area contributed by atoms with E-state index in [2.05, 4.69) is 20.6 Å². The van der Waals surface area contributed by atoms with E-state index in [0.29, 0.717) is 27.8 Å². The third-order valence-corrected chi connectivity index (χ3v) is 6.54. The van der Waals surface area contributed by atoms with Crippen LogP contribution in [0.25, 0.3) is 20.8 Å². The Morgan fingerprint density at radius 1 is 1.22 bits per heavy atom. The molecule has 2 atom stereocenters. The van der Waals surface area contributed by atoms with Gasteiger partial charge in [0.2, 0.25) is 5.95 Å². The number of ether oxygens (including phenoxy) is 1. The highest BCUT2D eigenvalue weighted by molar-refractivity contribution is 7.21. The SMILES string of the molecule is COc1ccc2sc(-c3c(C)nc(NCC(F)(F)F)nc3NC3CCC(CO)C3)nc2c1. The van der Waals surface area contributed by atoms with Crippen molar-refractivity contribution in [1.29, 1.82) is 0 Å². The van der Waals surface area contributed by atoms with Gasteiger partial charge in [0.1, 0.15) is 23.1 Å². The number of fused-ring (bicyclic) bond motifs is 1. The van der Waals surface area contributed by atoms with Crippen molar-refractivity contribution in [2.75, 3.05) is 30.9 Å². The Labute approximate surface area is 187 Å². The molecule has 2 aromatic heterocycles. The van der Waals surface area contributed by atoms with Gasteiger partial charge < -0.3 is 20.5 Å². The average molecular weight is 468 g/mol. The fourth-order valence-electron chi connectivity index (χ4n) is 3.90. The van der Waals surface area contributed by atoms with E-state index in [1.54, 1.807) is 14.0 Å². The van der Waals surface area contributed by atoms with Gasteiger partial charge in [-0.3, -0.25) is 0 Å². The first-order chi connectivity index (χ1) is 15.3. The van der Waals surface area contributed by atoms with E-state index < -0.39 is 12.7 Å². The number of aromatic nitrogens is 3. The molecule has 3 aromatic rings. The summed E-state index contributed by atoms with van der Waals surface area (Å²) in [6.45, 7) is 0.632. The molecule has 32 heavy (non-hydrogen) atoms. The number of halogens is 3. The molecule has 1 saturated carbocycles. The highest BCUT2D eigenvalue weighted by atomic mass is 32.1. The van der Waals surface area contributed by atoms with Crippen molar-refractivity contribution >= 4 is 33.3 Å². The molecular formula is C21H24F3N5O2S. The number of hydrogen-bond acceptors (Lipinski definition) is 8. The summed E-state index contributed by atoms with van der Waals surface area (Å²) in [6.07, 6.45) is -1.89. The smallest absolute Gasteiger partial charge is 0.405 e. The molecule has 3 N–H and O–H groups in total. The third kappa shape index (κ3) is 5.04. The zero-order chi connectivity index (χ0) is 22.9. The second kappa shape index (κ2) is 9.07. The summed E-state index contributed by atoms with van der Waals surface area (Å²) in [5, 5.41) is 15.8. The van der Waals surface area contributed by atoms with Crippen LogP contribution >= 0.6 is 11.3 Å². The van der Waals surface area contributed by atoms with Crippen molar-refractivity contribution < 1.29 is 23.0 Å². The zero-order valence-electron chi connectivity index (χ0n) is 17.7. The van der Waals surface area contributed by atoms with E-state index in [1.807, 2.05) is 18.2 Å². The first kappa shape index (κ1) is 22.5. The van der Waals surface area contributed by atoms with E-state index in [4.69, 9.17) is 9.72 Å². The van der Waals surface area contributed by atoms with Crippen molar-refractivity contribution in [3.63, 3.8) is 0 Å². The van der Waals surface area contributed by atoms with Gasteiger partial charge in [0.25, 0.3) is 0 Å². The second-order valence-electron chi connectivity index (χ2n) is 7.88. The molecule has 0 amide bonds. The summed E-state index contributed by atoms with van der Waals surface area (Å²) in [5.41, 5.74) is 1.94. The predicted molar refractivity (Wildman–Crippen MR) is 118 cm³/mol. The van der Waals surface area contributed by atoms with Crippen LogP contribution in [0.15, 0.2) is 18.2 Å². The summed E-state index contributed by atoms with van der Waals surface area (Å²) in [5.74, 6) is 1.24. The number of thiazole rings is 1. The first-order valence-corrected chi connectivity index (χ1v) is 11.1. The van der Waals surface area contributed by atoms with Crippen LogP contribution in [0, 0.1) is 12.8 Å². The lowest BCUT2D eigenvalue weighted by atomic mass is 10.1. The van der Waals surface area contributed by atoms with Crippen LogP contribution in [0.5, 0.6) is 5.75 Å². The topological polar surface area (TPSA) is 92.2 Å². The van der Waals surface area contributed by atoms with Crippen LogP contribution in [0.3, 0.4) is 0 Å². The predicted octanol–water partition coefficient (Wildman–Crippen LogP) is 4.62. The molecule has 4 rings (SSSR count). The maximum atomic E-state index is 12.7. The average Bonchev–Trinajstić information content (AvgIpc) is 3.37. The number of aryl methyl sites for hydroxylation is 1. The Morgan fingerprint density at radius 3 is 2.72 bits per heavy atom. The maximum absolute atomic E-state index is 12.7.